The summed E-state index contributed by atoms with van der Waals surface area (Å²) in [6.45, 7) is 4.76. The number of ether oxygens (including phenoxy) is 1. The largest absolute Gasteiger partial charge is 0.466 e. The van der Waals surface area contributed by atoms with E-state index in [0.29, 0.717) is 6.61 Å². The third kappa shape index (κ3) is 3.97. The highest BCUT2D eigenvalue weighted by atomic mass is 16.5. The summed E-state index contributed by atoms with van der Waals surface area (Å²) in [5, 5.41) is 0. The van der Waals surface area contributed by atoms with Crippen LogP contribution in [0.4, 0.5) is 0 Å². The molecule has 2 nitrogen and oxygen atoms in total. The molecule has 2 aliphatic carbocycles. The fourth-order valence-corrected chi connectivity index (χ4v) is 4.15. The van der Waals surface area contributed by atoms with Gasteiger partial charge in [0.05, 0.1) is 12.5 Å². The lowest BCUT2D eigenvalue weighted by molar-refractivity contribution is -0.149. The molecule has 0 unspecified atom stereocenters. The Labute approximate surface area is 118 Å². The Morgan fingerprint density at radius 2 is 1.42 bits per heavy atom. The highest BCUT2D eigenvalue weighted by Crippen LogP contribution is 2.42. The second-order valence-electron chi connectivity index (χ2n) is 6.55. The third-order valence-corrected chi connectivity index (χ3v) is 5.53. The summed E-state index contributed by atoms with van der Waals surface area (Å²) < 4.78 is 5.15. The van der Waals surface area contributed by atoms with E-state index in [2.05, 4.69) is 6.92 Å². The second kappa shape index (κ2) is 7.31. The van der Waals surface area contributed by atoms with Crippen molar-refractivity contribution in [2.75, 3.05) is 6.61 Å². The van der Waals surface area contributed by atoms with E-state index in [4.69, 9.17) is 4.74 Å². The van der Waals surface area contributed by atoms with Crippen molar-refractivity contribution in [1.29, 1.82) is 0 Å². The number of hydrogen-bond acceptors (Lipinski definition) is 2. The highest BCUT2D eigenvalue weighted by molar-refractivity contribution is 5.72. The van der Waals surface area contributed by atoms with Crippen molar-refractivity contribution < 1.29 is 9.53 Å². The Bertz CT molecular complexity index is 271. The van der Waals surface area contributed by atoms with Crippen LogP contribution in [0.15, 0.2) is 0 Å². The maximum Gasteiger partial charge on any atom is 0.308 e. The summed E-state index contributed by atoms with van der Waals surface area (Å²) in [4.78, 5) is 11.7. The summed E-state index contributed by atoms with van der Waals surface area (Å²) >= 11 is 0. The molecule has 0 aromatic carbocycles. The Morgan fingerprint density at radius 3 is 1.89 bits per heavy atom. The van der Waals surface area contributed by atoms with Gasteiger partial charge >= 0.3 is 5.97 Å². The smallest absolute Gasteiger partial charge is 0.308 e. The van der Waals surface area contributed by atoms with Crippen molar-refractivity contribution in [3.05, 3.63) is 0 Å². The fraction of sp³-hybridized carbons (Fsp3) is 0.941. The molecule has 0 aliphatic heterocycles. The average Bonchev–Trinajstić information content (AvgIpc) is 2.48. The van der Waals surface area contributed by atoms with Crippen molar-refractivity contribution in [3.8, 4) is 0 Å². The normalized spacial score (nSPS) is 35.9. The van der Waals surface area contributed by atoms with Crippen molar-refractivity contribution >= 4 is 5.97 Å². The minimum Gasteiger partial charge on any atom is -0.466 e. The number of esters is 1. The quantitative estimate of drug-likeness (QED) is 0.697. The molecular formula is C17H30O2. The zero-order valence-electron chi connectivity index (χ0n) is 12.7. The first kappa shape index (κ1) is 14.9. The number of carbonyl (C=O) groups is 1. The molecule has 0 saturated heterocycles. The van der Waals surface area contributed by atoms with Gasteiger partial charge in [0.2, 0.25) is 0 Å². The zero-order valence-corrected chi connectivity index (χ0v) is 12.7. The van der Waals surface area contributed by atoms with Crippen LogP contribution in [0.1, 0.15) is 71.6 Å². The van der Waals surface area contributed by atoms with Crippen molar-refractivity contribution in [1.82, 2.24) is 0 Å². The molecule has 0 bridgehead atoms. The van der Waals surface area contributed by atoms with Gasteiger partial charge in [-0.2, -0.15) is 0 Å². The van der Waals surface area contributed by atoms with Crippen LogP contribution in [0.25, 0.3) is 0 Å². The molecular weight excluding hydrogens is 236 g/mol. The molecule has 110 valence electrons. The minimum absolute atomic E-state index is 0.0515. The first-order chi connectivity index (χ1) is 9.24. The average molecular weight is 266 g/mol. The Hall–Kier alpha value is -0.530. The number of hydrogen-bond donors (Lipinski definition) is 0. The van der Waals surface area contributed by atoms with Gasteiger partial charge in [0.25, 0.3) is 0 Å². The molecule has 2 saturated carbocycles. The van der Waals surface area contributed by atoms with E-state index in [1.807, 2.05) is 6.92 Å². The highest BCUT2D eigenvalue weighted by Gasteiger charge is 2.32. The van der Waals surface area contributed by atoms with Gasteiger partial charge in [0.15, 0.2) is 0 Å². The van der Waals surface area contributed by atoms with Crippen LogP contribution < -0.4 is 0 Å². The monoisotopic (exact) mass is 266 g/mol. The maximum atomic E-state index is 11.7. The molecule has 0 aromatic heterocycles. The summed E-state index contributed by atoms with van der Waals surface area (Å²) in [6.07, 6.45) is 11.8. The van der Waals surface area contributed by atoms with E-state index >= 15 is 0 Å². The molecule has 0 radical (unpaired) electrons. The molecule has 2 fully saturated rings. The third-order valence-electron chi connectivity index (χ3n) is 5.53. The molecule has 2 heteroatoms. The lowest BCUT2D eigenvalue weighted by atomic mass is 9.69. The zero-order chi connectivity index (χ0) is 13.7. The lowest BCUT2D eigenvalue weighted by Gasteiger charge is -2.37. The molecule has 2 rings (SSSR count). The summed E-state index contributed by atoms with van der Waals surface area (Å²) in [7, 11) is 0. The van der Waals surface area contributed by atoms with Crippen LogP contribution in [-0.4, -0.2) is 12.6 Å². The van der Waals surface area contributed by atoms with Gasteiger partial charge in [0.1, 0.15) is 0 Å². The molecule has 2 aliphatic rings. The van der Waals surface area contributed by atoms with Crippen LogP contribution in [0.5, 0.6) is 0 Å². The molecule has 0 heterocycles. The predicted molar refractivity (Wildman–Crippen MR) is 77.8 cm³/mol. The van der Waals surface area contributed by atoms with E-state index < -0.39 is 0 Å². The topological polar surface area (TPSA) is 26.3 Å². The first-order valence-electron chi connectivity index (χ1n) is 8.41. The van der Waals surface area contributed by atoms with Gasteiger partial charge in [0, 0.05) is 0 Å². The van der Waals surface area contributed by atoms with Crippen LogP contribution in [0.2, 0.25) is 0 Å². The van der Waals surface area contributed by atoms with E-state index in [1.54, 1.807) is 0 Å². The second-order valence-corrected chi connectivity index (χ2v) is 6.55. The number of rotatable bonds is 4. The van der Waals surface area contributed by atoms with Gasteiger partial charge in [-0.1, -0.05) is 26.2 Å². The van der Waals surface area contributed by atoms with Gasteiger partial charge in [-0.15, -0.1) is 0 Å². The predicted octanol–water partition coefficient (Wildman–Crippen LogP) is 4.57. The summed E-state index contributed by atoms with van der Waals surface area (Å²) in [5.74, 6) is 3.08. The van der Waals surface area contributed by atoms with E-state index in [9.17, 15) is 4.79 Å². The Balaban J connectivity index is 1.73. The van der Waals surface area contributed by atoms with E-state index in [0.717, 1.165) is 30.6 Å². The van der Waals surface area contributed by atoms with Gasteiger partial charge in [-0.25, -0.2) is 0 Å². The standard InChI is InChI=1S/C17H30O2/c1-3-13-5-7-14(8-6-13)15-9-11-16(12-10-15)17(18)19-4-2/h13-16H,3-12H2,1-2H3/t13-,14-,15-,16-. The van der Waals surface area contributed by atoms with Gasteiger partial charge in [-0.05, 0) is 63.2 Å². The molecule has 0 amide bonds. The Morgan fingerprint density at radius 1 is 0.895 bits per heavy atom. The lowest BCUT2D eigenvalue weighted by Crippen LogP contribution is -2.29. The summed E-state index contributed by atoms with van der Waals surface area (Å²) in [5.41, 5.74) is 0. The van der Waals surface area contributed by atoms with Crippen LogP contribution >= 0.6 is 0 Å². The maximum absolute atomic E-state index is 11.7. The van der Waals surface area contributed by atoms with E-state index in [-0.39, 0.29) is 11.9 Å². The van der Waals surface area contributed by atoms with Gasteiger partial charge in [-0.3, -0.25) is 4.79 Å². The molecule has 0 atom stereocenters. The molecule has 19 heavy (non-hydrogen) atoms. The SMILES string of the molecule is CCOC(=O)[C@H]1CC[C@H]([C@H]2CC[C@H](CC)CC2)CC1. The molecule has 0 spiro atoms. The first-order valence-corrected chi connectivity index (χ1v) is 8.41. The molecule has 0 aromatic rings. The van der Waals surface area contributed by atoms with E-state index in [1.165, 1.54) is 44.9 Å². The minimum atomic E-state index is 0.0515. The fourth-order valence-electron chi connectivity index (χ4n) is 4.15. The van der Waals surface area contributed by atoms with Crippen molar-refractivity contribution in [2.24, 2.45) is 23.7 Å². The van der Waals surface area contributed by atoms with Gasteiger partial charge < -0.3 is 4.74 Å². The van der Waals surface area contributed by atoms with Crippen LogP contribution in [0, 0.1) is 23.7 Å². The number of carbonyl (C=O) groups excluding carboxylic acids is 1. The van der Waals surface area contributed by atoms with Crippen LogP contribution in [-0.2, 0) is 9.53 Å². The van der Waals surface area contributed by atoms with Crippen molar-refractivity contribution in [2.45, 2.75) is 71.6 Å². The Kier molecular flexibility index (Phi) is 5.72. The van der Waals surface area contributed by atoms with Crippen LogP contribution in [0.3, 0.4) is 0 Å². The summed E-state index contributed by atoms with van der Waals surface area (Å²) in [6, 6.07) is 0. The molecule has 0 N–H and O–H groups in total. The van der Waals surface area contributed by atoms with Crippen molar-refractivity contribution in [3.63, 3.8) is 0 Å².